The SMILES string of the molecule is CCOc1ccc2cc(B(O)O)ccc2c1-c1c(OCC)ccc2cc(B(O)O)ccc12. The zero-order valence-electron chi connectivity index (χ0n) is 17.9. The van der Waals surface area contributed by atoms with E-state index in [0.29, 0.717) is 35.6 Å². The van der Waals surface area contributed by atoms with Crippen LogP contribution in [0.5, 0.6) is 11.5 Å². The third-order valence-electron chi connectivity index (χ3n) is 5.46. The van der Waals surface area contributed by atoms with Crippen LogP contribution >= 0.6 is 0 Å². The van der Waals surface area contributed by atoms with Gasteiger partial charge in [-0.3, -0.25) is 0 Å². The van der Waals surface area contributed by atoms with E-state index in [1.54, 1.807) is 24.3 Å². The van der Waals surface area contributed by atoms with E-state index in [1.165, 1.54) is 0 Å². The minimum absolute atomic E-state index is 0.400. The van der Waals surface area contributed by atoms with Crippen molar-refractivity contribution < 1.29 is 29.6 Å². The van der Waals surface area contributed by atoms with Crippen molar-refractivity contribution in [3.8, 4) is 22.6 Å². The molecule has 0 aliphatic carbocycles. The lowest BCUT2D eigenvalue weighted by molar-refractivity contribution is 0.337. The smallest absolute Gasteiger partial charge is 0.488 e. The number of benzene rings is 4. The fourth-order valence-electron chi connectivity index (χ4n) is 4.05. The van der Waals surface area contributed by atoms with Gasteiger partial charge in [0.2, 0.25) is 0 Å². The van der Waals surface area contributed by atoms with Gasteiger partial charge in [-0.2, -0.15) is 0 Å². The van der Waals surface area contributed by atoms with Crippen molar-refractivity contribution in [2.75, 3.05) is 13.2 Å². The Morgan fingerprint density at radius 3 is 1.34 bits per heavy atom. The normalized spacial score (nSPS) is 11.1. The van der Waals surface area contributed by atoms with E-state index in [-0.39, 0.29) is 0 Å². The fraction of sp³-hybridized carbons (Fsp3) is 0.167. The number of ether oxygens (including phenoxy) is 2. The van der Waals surface area contributed by atoms with Crippen LogP contribution in [0.25, 0.3) is 32.7 Å². The maximum Gasteiger partial charge on any atom is 0.488 e. The molecule has 0 saturated carbocycles. The van der Waals surface area contributed by atoms with Crippen LogP contribution in [0.4, 0.5) is 0 Å². The largest absolute Gasteiger partial charge is 0.493 e. The first kappa shape index (κ1) is 22.2. The lowest BCUT2D eigenvalue weighted by atomic mass is 9.78. The fourth-order valence-corrected chi connectivity index (χ4v) is 4.05. The van der Waals surface area contributed by atoms with Crippen LogP contribution < -0.4 is 20.4 Å². The zero-order valence-corrected chi connectivity index (χ0v) is 17.9. The predicted octanol–water partition coefficient (Wildman–Crippen LogP) is 1.82. The molecule has 0 unspecified atom stereocenters. The maximum atomic E-state index is 9.60. The van der Waals surface area contributed by atoms with Gasteiger partial charge in [0, 0.05) is 11.1 Å². The molecule has 4 aromatic rings. The summed E-state index contributed by atoms with van der Waals surface area (Å²) in [5.41, 5.74) is 2.46. The molecule has 0 atom stereocenters. The molecule has 32 heavy (non-hydrogen) atoms. The molecule has 4 rings (SSSR count). The Hall–Kier alpha value is -3.03. The van der Waals surface area contributed by atoms with Crippen molar-refractivity contribution in [3.05, 3.63) is 60.7 Å². The van der Waals surface area contributed by atoms with Crippen molar-refractivity contribution in [1.29, 1.82) is 0 Å². The average molecular weight is 430 g/mol. The van der Waals surface area contributed by atoms with Gasteiger partial charge in [-0.1, -0.05) is 48.5 Å². The van der Waals surface area contributed by atoms with Crippen LogP contribution in [0.1, 0.15) is 13.8 Å². The molecule has 8 heteroatoms. The number of fused-ring (bicyclic) bond motifs is 2. The molecule has 0 aliphatic heterocycles. The highest BCUT2D eigenvalue weighted by Crippen LogP contribution is 2.45. The molecule has 162 valence electrons. The average Bonchev–Trinajstić information content (AvgIpc) is 2.78. The van der Waals surface area contributed by atoms with Gasteiger partial charge in [-0.05, 0) is 58.5 Å². The Morgan fingerprint density at radius 2 is 1.00 bits per heavy atom. The van der Waals surface area contributed by atoms with Crippen molar-refractivity contribution in [2.24, 2.45) is 0 Å². The highest BCUT2D eigenvalue weighted by molar-refractivity contribution is 6.59. The quantitative estimate of drug-likeness (QED) is 0.334. The van der Waals surface area contributed by atoms with Gasteiger partial charge in [-0.25, -0.2) is 0 Å². The van der Waals surface area contributed by atoms with E-state index < -0.39 is 14.2 Å². The molecule has 4 N–H and O–H groups in total. The van der Waals surface area contributed by atoms with Crippen molar-refractivity contribution in [3.63, 3.8) is 0 Å². The lowest BCUT2D eigenvalue weighted by Crippen LogP contribution is -2.29. The minimum Gasteiger partial charge on any atom is -0.493 e. The van der Waals surface area contributed by atoms with Gasteiger partial charge in [0.15, 0.2) is 0 Å². The van der Waals surface area contributed by atoms with Gasteiger partial charge in [0.25, 0.3) is 0 Å². The topological polar surface area (TPSA) is 99.4 Å². The Morgan fingerprint density at radius 1 is 0.594 bits per heavy atom. The van der Waals surface area contributed by atoms with Crippen LogP contribution in [0.3, 0.4) is 0 Å². The first-order valence-corrected chi connectivity index (χ1v) is 10.6. The summed E-state index contributed by atoms with van der Waals surface area (Å²) in [6.45, 7) is 4.78. The molecular formula is C24H24B2O6. The molecule has 6 nitrogen and oxygen atoms in total. The van der Waals surface area contributed by atoms with Crippen LogP contribution in [0, 0.1) is 0 Å². The molecule has 0 amide bonds. The predicted molar refractivity (Wildman–Crippen MR) is 129 cm³/mol. The number of hydrogen-bond donors (Lipinski definition) is 4. The first-order valence-electron chi connectivity index (χ1n) is 10.6. The molecule has 0 bridgehead atoms. The number of hydrogen-bond acceptors (Lipinski definition) is 6. The third-order valence-corrected chi connectivity index (χ3v) is 5.46. The van der Waals surface area contributed by atoms with Crippen molar-refractivity contribution in [1.82, 2.24) is 0 Å². The second-order valence-corrected chi connectivity index (χ2v) is 7.45. The second kappa shape index (κ2) is 9.22. The van der Waals surface area contributed by atoms with Gasteiger partial charge in [0.1, 0.15) is 11.5 Å². The highest BCUT2D eigenvalue weighted by Gasteiger charge is 2.21. The molecule has 0 aromatic heterocycles. The van der Waals surface area contributed by atoms with Crippen molar-refractivity contribution >= 4 is 46.7 Å². The molecule has 0 fully saturated rings. The van der Waals surface area contributed by atoms with Crippen molar-refractivity contribution in [2.45, 2.75) is 13.8 Å². The van der Waals surface area contributed by atoms with Crippen LogP contribution in [-0.2, 0) is 0 Å². The molecular weight excluding hydrogens is 406 g/mol. The Labute approximate surface area is 187 Å². The molecule has 0 radical (unpaired) electrons. The second-order valence-electron chi connectivity index (χ2n) is 7.45. The van der Waals surface area contributed by atoms with E-state index in [1.807, 2.05) is 50.2 Å². The summed E-state index contributed by atoms with van der Waals surface area (Å²) < 4.78 is 12.0. The third kappa shape index (κ3) is 4.06. The summed E-state index contributed by atoms with van der Waals surface area (Å²) in [6.07, 6.45) is 0. The summed E-state index contributed by atoms with van der Waals surface area (Å²) in [5.74, 6) is 1.36. The van der Waals surface area contributed by atoms with Gasteiger partial charge < -0.3 is 29.6 Å². The van der Waals surface area contributed by atoms with E-state index in [2.05, 4.69) is 0 Å². The molecule has 4 aromatic carbocycles. The number of rotatable bonds is 7. The standard InChI is InChI=1S/C24H24B2O6/c1-3-31-21-11-5-15-13-17(25(27)28)7-9-19(15)23(21)24-20-10-8-18(26(29)30)14-16(20)6-12-22(24)32-4-2/h5-14,27-30H,3-4H2,1-2H3. The lowest BCUT2D eigenvalue weighted by Gasteiger charge is -2.19. The van der Waals surface area contributed by atoms with E-state index in [4.69, 9.17) is 9.47 Å². The Balaban J connectivity index is 2.10. The van der Waals surface area contributed by atoms with Crippen LogP contribution in [0.15, 0.2) is 60.7 Å². The summed E-state index contributed by atoms with van der Waals surface area (Å²) in [4.78, 5) is 0. The molecule has 0 heterocycles. The Bertz CT molecular complexity index is 1170. The molecule has 0 aliphatic rings. The Kier molecular flexibility index (Phi) is 6.39. The summed E-state index contributed by atoms with van der Waals surface area (Å²) >= 11 is 0. The van der Waals surface area contributed by atoms with E-state index >= 15 is 0 Å². The molecule has 0 saturated heterocycles. The molecule has 0 spiro atoms. The van der Waals surface area contributed by atoms with Gasteiger partial charge >= 0.3 is 14.2 Å². The maximum absolute atomic E-state index is 9.60. The highest BCUT2D eigenvalue weighted by atomic mass is 16.5. The first-order chi connectivity index (χ1) is 15.4. The monoisotopic (exact) mass is 430 g/mol. The van der Waals surface area contributed by atoms with E-state index in [9.17, 15) is 20.1 Å². The summed E-state index contributed by atoms with van der Waals surface area (Å²) in [5, 5.41) is 41.8. The summed E-state index contributed by atoms with van der Waals surface area (Å²) in [6, 6.07) is 18.1. The van der Waals surface area contributed by atoms with Gasteiger partial charge in [0.05, 0.1) is 13.2 Å². The minimum atomic E-state index is -1.56. The van der Waals surface area contributed by atoms with E-state index in [0.717, 1.165) is 32.7 Å². The van der Waals surface area contributed by atoms with Gasteiger partial charge in [-0.15, -0.1) is 0 Å². The van der Waals surface area contributed by atoms with Crippen LogP contribution in [0.2, 0.25) is 0 Å². The summed E-state index contributed by atoms with van der Waals surface area (Å²) in [7, 11) is -3.12. The van der Waals surface area contributed by atoms with Crippen LogP contribution in [-0.4, -0.2) is 47.5 Å². The zero-order chi connectivity index (χ0) is 22.8.